The quantitative estimate of drug-likeness (QED) is 0.449. The van der Waals surface area contributed by atoms with Gasteiger partial charge in [-0.2, -0.15) is 0 Å². The highest BCUT2D eigenvalue weighted by atomic mass is 16.5. The summed E-state index contributed by atoms with van der Waals surface area (Å²) in [7, 11) is 0. The molecule has 0 aromatic heterocycles. The number of unbranched alkanes of at least 4 members (excludes halogenated alkanes) is 3. The van der Waals surface area contributed by atoms with Gasteiger partial charge in [0.15, 0.2) is 0 Å². The van der Waals surface area contributed by atoms with Crippen molar-refractivity contribution in [1.82, 2.24) is 0 Å². The minimum absolute atomic E-state index is 0.844. The van der Waals surface area contributed by atoms with Gasteiger partial charge < -0.3 is 4.74 Å². The molecule has 0 aliphatic carbocycles. The number of benzene rings is 1. The normalized spacial score (nSPS) is 10.3. The van der Waals surface area contributed by atoms with E-state index in [2.05, 4.69) is 49.4 Å². The number of rotatable bonds is 8. The molecule has 0 amide bonds. The Bertz CT molecular complexity index is 288. The lowest BCUT2D eigenvalue weighted by Crippen LogP contribution is -1.84. The van der Waals surface area contributed by atoms with Crippen LogP contribution in [0.1, 0.15) is 52.0 Å². The van der Waals surface area contributed by atoms with Crippen molar-refractivity contribution in [2.45, 2.75) is 52.9 Å². The number of hydrogen-bond donors (Lipinski definition) is 0. The predicted molar refractivity (Wildman–Crippen MR) is 85.6 cm³/mol. The molecule has 0 aliphatic heterocycles. The molecule has 1 aromatic carbocycles. The van der Waals surface area contributed by atoms with Crippen LogP contribution in [-0.2, 0) is 11.2 Å². The van der Waals surface area contributed by atoms with E-state index in [0.717, 1.165) is 19.6 Å². The van der Waals surface area contributed by atoms with Gasteiger partial charge in [0, 0.05) is 13.2 Å². The zero-order valence-corrected chi connectivity index (χ0v) is 12.9. The molecule has 0 saturated heterocycles. The van der Waals surface area contributed by atoms with Crippen LogP contribution in [0.3, 0.4) is 0 Å². The lowest BCUT2D eigenvalue weighted by atomic mass is 10.1. The van der Waals surface area contributed by atoms with Crippen molar-refractivity contribution in [3.05, 3.63) is 48.0 Å². The molecule has 1 rings (SSSR count). The first-order chi connectivity index (χ1) is 9.35. The Balaban J connectivity index is 0.000000555. The summed E-state index contributed by atoms with van der Waals surface area (Å²) in [5.41, 5.74) is 1.40. The monoisotopic (exact) mass is 262 g/mol. The van der Waals surface area contributed by atoms with Gasteiger partial charge in [-0.15, -0.1) is 0 Å². The van der Waals surface area contributed by atoms with Gasteiger partial charge in [0.25, 0.3) is 0 Å². The highest BCUT2D eigenvalue weighted by molar-refractivity contribution is 5.17. The van der Waals surface area contributed by atoms with Gasteiger partial charge in [-0.25, -0.2) is 0 Å². The Morgan fingerprint density at radius 3 is 2.11 bits per heavy atom. The second-order valence-electron chi connectivity index (χ2n) is 4.44. The first-order valence-corrected chi connectivity index (χ1v) is 7.61. The van der Waals surface area contributed by atoms with Crippen LogP contribution in [0.25, 0.3) is 0 Å². The van der Waals surface area contributed by atoms with Crippen LogP contribution < -0.4 is 0 Å². The summed E-state index contributed by atoms with van der Waals surface area (Å²) in [6.45, 7) is 7.91. The molecular formula is C18H30O. The van der Waals surface area contributed by atoms with E-state index in [4.69, 9.17) is 4.74 Å². The van der Waals surface area contributed by atoms with Crippen LogP contribution in [0.4, 0.5) is 0 Å². The molecule has 0 unspecified atom stereocenters. The molecule has 1 heteroatoms. The van der Waals surface area contributed by atoms with Crippen molar-refractivity contribution >= 4 is 0 Å². The van der Waals surface area contributed by atoms with Gasteiger partial charge >= 0.3 is 0 Å². The molecule has 1 aromatic rings. The summed E-state index contributed by atoms with van der Waals surface area (Å²) >= 11 is 0. The number of allylic oxidation sites excluding steroid dienone is 2. The molecule has 0 bridgehead atoms. The van der Waals surface area contributed by atoms with Crippen molar-refractivity contribution < 1.29 is 4.74 Å². The van der Waals surface area contributed by atoms with E-state index in [1.165, 1.54) is 31.2 Å². The standard InChI is InChI=1S/C14H20.C4H10O/c1-2-3-4-5-6-8-11-14-12-9-7-10-13-14;1-3-5-4-2/h6-10,12-13H,2-5,11H2,1H3;3-4H2,1-2H3. The summed E-state index contributed by atoms with van der Waals surface area (Å²) < 4.78 is 4.83. The molecule has 19 heavy (non-hydrogen) atoms. The first kappa shape index (κ1) is 17.9. The Morgan fingerprint density at radius 2 is 1.58 bits per heavy atom. The highest BCUT2D eigenvalue weighted by Gasteiger charge is 1.85. The third-order valence-corrected chi connectivity index (χ3v) is 2.75. The summed E-state index contributed by atoms with van der Waals surface area (Å²) in [6, 6.07) is 10.6. The van der Waals surface area contributed by atoms with Crippen molar-refractivity contribution in [2.75, 3.05) is 13.2 Å². The third kappa shape index (κ3) is 13.2. The second kappa shape index (κ2) is 15.0. The molecule has 0 aliphatic rings. The van der Waals surface area contributed by atoms with Crippen LogP contribution >= 0.6 is 0 Å². The number of ether oxygens (including phenoxy) is 1. The van der Waals surface area contributed by atoms with E-state index < -0.39 is 0 Å². The molecule has 0 N–H and O–H groups in total. The van der Waals surface area contributed by atoms with E-state index in [1.54, 1.807) is 0 Å². The lowest BCUT2D eigenvalue weighted by Gasteiger charge is -1.94. The van der Waals surface area contributed by atoms with Gasteiger partial charge in [-0.1, -0.05) is 62.2 Å². The SMILES string of the molecule is CCCCCC=CCc1ccccc1.CCOCC. The summed E-state index contributed by atoms with van der Waals surface area (Å²) in [5.74, 6) is 0. The van der Waals surface area contributed by atoms with E-state index in [1.807, 2.05) is 13.8 Å². The Morgan fingerprint density at radius 1 is 0.895 bits per heavy atom. The van der Waals surface area contributed by atoms with Gasteiger partial charge in [-0.3, -0.25) is 0 Å². The molecule has 108 valence electrons. The molecule has 1 nitrogen and oxygen atoms in total. The minimum Gasteiger partial charge on any atom is -0.382 e. The van der Waals surface area contributed by atoms with Gasteiger partial charge in [0.05, 0.1) is 0 Å². The Labute approximate surface area is 119 Å². The largest absolute Gasteiger partial charge is 0.382 e. The second-order valence-corrected chi connectivity index (χ2v) is 4.44. The van der Waals surface area contributed by atoms with Crippen LogP contribution in [0.5, 0.6) is 0 Å². The Kier molecular flexibility index (Phi) is 14.1. The van der Waals surface area contributed by atoms with Crippen LogP contribution in [0.15, 0.2) is 42.5 Å². The highest BCUT2D eigenvalue weighted by Crippen LogP contribution is 2.03. The van der Waals surface area contributed by atoms with Crippen molar-refractivity contribution in [1.29, 1.82) is 0 Å². The summed E-state index contributed by atoms with van der Waals surface area (Å²) in [5, 5.41) is 0. The van der Waals surface area contributed by atoms with Crippen molar-refractivity contribution in [2.24, 2.45) is 0 Å². The summed E-state index contributed by atoms with van der Waals surface area (Å²) in [4.78, 5) is 0. The average Bonchev–Trinajstić information content (AvgIpc) is 2.45. The average molecular weight is 262 g/mol. The molecule has 0 radical (unpaired) electrons. The van der Waals surface area contributed by atoms with Crippen molar-refractivity contribution in [3.8, 4) is 0 Å². The maximum absolute atomic E-state index is 4.83. The fraction of sp³-hybridized carbons (Fsp3) is 0.556. The first-order valence-electron chi connectivity index (χ1n) is 7.61. The fourth-order valence-corrected chi connectivity index (χ4v) is 1.67. The maximum Gasteiger partial charge on any atom is 0.0437 e. The maximum atomic E-state index is 4.83. The van der Waals surface area contributed by atoms with E-state index in [0.29, 0.717) is 0 Å². The molecule has 0 heterocycles. The summed E-state index contributed by atoms with van der Waals surface area (Å²) in [6.07, 6.45) is 10.9. The molecular weight excluding hydrogens is 232 g/mol. The van der Waals surface area contributed by atoms with Gasteiger partial charge in [0.2, 0.25) is 0 Å². The van der Waals surface area contributed by atoms with E-state index >= 15 is 0 Å². The zero-order valence-electron chi connectivity index (χ0n) is 12.9. The Hall–Kier alpha value is -1.08. The number of hydrogen-bond acceptors (Lipinski definition) is 1. The van der Waals surface area contributed by atoms with Crippen LogP contribution in [-0.4, -0.2) is 13.2 Å². The smallest absolute Gasteiger partial charge is 0.0437 e. The zero-order chi connectivity index (χ0) is 14.2. The van der Waals surface area contributed by atoms with E-state index in [9.17, 15) is 0 Å². The third-order valence-electron chi connectivity index (χ3n) is 2.75. The van der Waals surface area contributed by atoms with E-state index in [-0.39, 0.29) is 0 Å². The predicted octanol–water partition coefficient (Wildman–Crippen LogP) is 5.41. The van der Waals surface area contributed by atoms with Gasteiger partial charge in [0.1, 0.15) is 0 Å². The molecule has 0 fully saturated rings. The topological polar surface area (TPSA) is 9.23 Å². The molecule has 0 spiro atoms. The fourth-order valence-electron chi connectivity index (χ4n) is 1.67. The van der Waals surface area contributed by atoms with Crippen LogP contribution in [0, 0.1) is 0 Å². The van der Waals surface area contributed by atoms with Crippen LogP contribution in [0.2, 0.25) is 0 Å². The molecule has 0 atom stereocenters. The van der Waals surface area contributed by atoms with Crippen molar-refractivity contribution in [3.63, 3.8) is 0 Å². The van der Waals surface area contributed by atoms with Gasteiger partial charge in [-0.05, 0) is 38.7 Å². The molecule has 0 saturated carbocycles. The lowest BCUT2D eigenvalue weighted by molar-refractivity contribution is 0.162. The minimum atomic E-state index is 0.844.